The molecule has 1 atom stereocenters. The Morgan fingerprint density at radius 1 is 1.38 bits per heavy atom. The molecule has 1 unspecified atom stereocenters. The second kappa shape index (κ2) is 5.33. The van der Waals surface area contributed by atoms with Crippen LogP contribution in [-0.4, -0.2) is 11.0 Å². The van der Waals surface area contributed by atoms with Gasteiger partial charge in [0.2, 0.25) is 5.91 Å². The number of amides is 1. The van der Waals surface area contributed by atoms with Gasteiger partial charge in [-0.1, -0.05) is 6.92 Å². The SMILES string of the molecule is CCc1occc1C(O)c1cc2c(cc1F)NC(=O)CC2. The van der Waals surface area contributed by atoms with Crippen LogP contribution in [0.2, 0.25) is 0 Å². The summed E-state index contributed by atoms with van der Waals surface area (Å²) in [7, 11) is 0. The first-order valence-corrected chi connectivity index (χ1v) is 6.96. The Kier molecular flexibility index (Phi) is 3.51. The summed E-state index contributed by atoms with van der Waals surface area (Å²) in [5.41, 5.74) is 2.12. The highest BCUT2D eigenvalue weighted by atomic mass is 19.1. The lowest BCUT2D eigenvalue weighted by molar-refractivity contribution is -0.116. The van der Waals surface area contributed by atoms with Gasteiger partial charge in [-0.05, 0) is 30.2 Å². The third-order valence-electron chi connectivity index (χ3n) is 3.81. The second-order valence-electron chi connectivity index (χ2n) is 5.13. The minimum atomic E-state index is -1.07. The highest BCUT2D eigenvalue weighted by molar-refractivity contribution is 5.93. The maximum Gasteiger partial charge on any atom is 0.224 e. The van der Waals surface area contributed by atoms with Gasteiger partial charge in [0.05, 0.1) is 6.26 Å². The molecule has 1 amide bonds. The van der Waals surface area contributed by atoms with Crippen molar-refractivity contribution in [1.29, 1.82) is 0 Å². The number of benzene rings is 1. The zero-order valence-corrected chi connectivity index (χ0v) is 11.6. The zero-order chi connectivity index (χ0) is 15.0. The Hall–Kier alpha value is -2.14. The molecule has 0 saturated heterocycles. The molecule has 0 radical (unpaired) electrons. The molecule has 1 aliphatic heterocycles. The lowest BCUT2D eigenvalue weighted by atomic mass is 9.94. The normalized spacial score (nSPS) is 15.5. The predicted molar refractivity (Wildman–Crippen MR) is 75.5 cm³/mol. The van der Waals surface area contributed by atoms with Gasteiger partial charge in [-0.3, -0.25) is 4.79 Å². The number of aryl methyl sites for hydroxylation is 2. The van der Waals surface area contributed by atoms with Crippen molar-refractivity contribution in [2.75, 3.05) is 5.32 Å². The Balaban J connectivity index is 2.01. The summed E-state index contributed by atoms with van der Waals surface area (Å²) in [6.07, 6.45) is 1.98. The number of nitrogens with one attached hydrogen (secondary N) is 1. The van der Waals surface area contributed by atoms with Crippen LogP contribution in [0, 0.1) is 5.82 Å². The molecule has 110 valence electrons. The number of hydrogen-bond donors (Lipinski definition) is 2. The minimum Gasteiger partial charge on any atom is -0.469 e. The lowest BCUT2D eigenvalue weighted by Crippen LogP contribution is -2.20. The van der Waals surface area contributed by atoms with Gasteiger partial charge in [0.25, 0.3) is 0 Å². The first-order valence-electron chi connectivity index (χ1n) is 6.96. The molecule has 0 fully saturated rings. The highest BCUT2D eigenvalue weighted by Gasteiger charge is 2.23. The second-order valence-corrected chi connectivity index (χ2v) is 5.13. The Morgan fingerprint density at radius 3 is 2.95 bits per heavy atom. The average molecular weight is 289 g/mol. The first-order chi connectivity index (χ1) is 10.1. The quantitative estimate of drug-likeness (QED) is 0.913. The summed E-state index contributed by atoms with van der Waals surface area (Å²) in [6, 6.07) is 4.56. The molecule has 2 heterocycles. The van der Waals surface area contributed by atoms with Crippen LogP contribution in [0.4, 0.5) is 10.1 Å². The molecule has 0 saturated carbocycles. The fourth-order valence-corrected chi connectivity index (χ4v) is 2.68. The Bertz CT molecular complexity index is 693. The fourth-order valence-electron chi connectivity index (χ4n) is 2.68. The van der Waals surface area contributed by atoms with Gasteiger partial charge in [0, 0.05) is 29.7 Å². The average Bonchev–Trinajstić information content (AvgIpc) is 2.94. The van der Waals surface area contributed by atoms with Crippen molar-refractivity contribution in [3.8, 4) is 0 Å². The largest absolute Gasteiger partial charge is 0.469 e. The third-order valence-corrected chi connectivity index (χ3v) is 3.81. The monoisotopic (exact) mass is 289 g/mol. The van der Waals surface area contributed by atoms with Crippen molar-refractivity contribution >= 4 is 11.6 Å². The number of anilines is 1. The summed E-state index contributed by atoms with van der Waals surface area (Å²) >= 11 is 0. The number of rotatable bonds is 3. The van der Waals surface area contributed by atoms with Crippen molar-refractivity contribution in [2.24, 2.45) is 0 Å². The number of carbonyl (C=O) groups excluding carboxylic acids is 1. The number of furan rings is 1. The molecule has 0 aliphatic carbocycles. The first kappa shape index (κ1) is 13.8. The van der Waals surface area contributed by atoms with Crippen LogP contribution in [0.5, 0.6) is 0 Å². The molecular formula is C16H16FNO3. The van der Waals surface area contributed by atoms with Crippen molar-refractivity contribution in [3.05, 3.63) is 52.7 Å². The number of fused-ring (bicyclic) bond motifs is 1. The van der Waals surface area contributed by atoms with Gasteiger partial charge in [0.15, 0.2) is 0 Å². The van der Waals surface area contributed by atoms with Crippen LogP contribution >= 0.6 is 0 Å². The molecule has 4 nitrogen and oxygen atoms in total. The molecule has 1 aromatic heterocycles. The van der Waals surface area contributed by atoms with Gasteiger partial charge < -0.3 is 14.8 Å². The molecule has 0 bridgehead atoms. The topological polar surface area (TPSA) is 62.5 Å². The number of aliphatic hydroxyl groups is 1. The van der Waals surface area contributed by atoms with Gasteiger partial charge in [-0.25, -0.2) is 4.39 Å². The predicted octanol–water partition coefficient (Wildman–Crippen LogP) is 2.95. The fraction of sp³-hybridized carbons (Fsp3) is 0.312. The minimum absolute atomic E-state index is 0.113. The number of carbonyl (C=O) groups is 1. The molecule has 21 heavy (non-hydrogen) atoms. The van der Waals surface area contributed by atoms with Gasteiger partial charge >= 0.3 is 0 Å². The van der Waals surface area contributed by atoms with Crippen LogP contribution in [-0.2, 0) is 17.6 Å². The number of aliphatic hydroxyl groups excluding tert-OH is 1. The molecule has 0 spiro atoms. The summed E-state index contributed by atoms with van der Waals surface area (Å²) in [6.45, 7) is 1.91. The molecule has 1 aliphatic rings. The van der Waals surface area contributed by atoms with Crippen molar-refractivity contribution in [1.82, 2.24) is 0 Å². The van der Waals surface area contributed by atoms with E-state index in [1.54, 1.807) is 12.1 Å². The molecule has 3 rings (SSSR count). The van der Waals surface area contributed by atoms with Crippen LogP contribution < -0.4 is 5.32 Å². The van der Waals surface area contributed by atoms with Crippen LogP contribution in [0.3, 0.4) is 0 Å². The van der Waals surface area contributed by atoms with Crippen molar-refractivity contribution in [3.63, 3.8) is 0 Å². The standard InChI is InChI=1S/C16H16FNO3/c1-2-14-10(5-6-21-14)16(20)11-7-9-3-4-15(19)18-13(9)8-12(11)17/h5-8,16,20H,2-4H2,1H3,(H,18,19). The summed E-state index contributed by atoms with van der Waals surface area (Å²) in [4.78, 5) is 11.3. The summed E-state index contributed by atoms with van der Waals surface area (Å²) in [5, 5.41) is 13.1. The highest BCUT2D eigenvalue weighted by Crippen LogP contribution is 2.33. The van der Waals surface area contributed by atoms with Crippen molar-refractivity contribution in [2.45, 2.75) is 32.3 Å². The van der Waals surface area contributed by atoms with Gasteiger partial charge in [-0.2, -0.15) is 0 Å². The van der Waals surface area contributed by atoms with E-state index in [0.29, 0.717) is 36.3 Å². The van der Waals surface area contributed by atoms with E-state index in [1.165, 1.54) is 12.3 Å². The molecular weight excluding hydrogens is 273 g/mol. The van der Waals surface area contributed by atoms with E-state index in [-0.39, 0.29) is 11.5 Å². The van der Waals surface area contributed by atoms with Crippen molar-refractivity contribution < 1.29 is 18.7 Å². The smallest absolute Gasteiger partial charge is 0.224 e. The maximum atomic E-state index is 14.2. The van der Waals surface area contributed by atoms with Gasteiger partial charge in [-0.15, -0.1) is 0 Å². The third kappa shape index (κ3) is 2.45. The lowest BCUT2D eigenvalue weighted by Gasteiger charge is -2.20. The van der Waals surface area contributed by atoms with E-state index in [4.69, 9.17) is 4.42 Å². The van der Waals surface area contributed by atoms with E-state index in [9.17, 15) is 14.3 Å². The van der Waals surface area contributed by atoms with Gasteiger partial charge in [0.1, 0.15) is 17.7 Å². The molecule has 2 aromatic rings. The maximum absolute atomic E-state index is 14.2. The van der Waals surface area contributed by atoms with E-state index in [1.807, 2.05) is 6.92 Å². The van der Waals surface area contributed by atoms with Crippen LogP contribution in [0.1, 0.15) is 41.9 Å². The summed E-state index contributed by atoms with van der Waals surface area (Å²) < 4.78 is 19.5. The Labute approximate surface area is 121 Å². The molecule has 2 N–H and O–H groups in total. The molecule has 1 aromatic carbocycles. The number of hydrogen-bond acceptors (Lipinski definition) is 3. The van der Waals surface area contributed by atoms with E-state index < -0.39 is 11.9 Å². The van der Waals surface area contributed by atoms with Crippen LogP contribution in [0.25, 0.3) is 0 Å². The zero-order valence-electron chi connectivity index (χ0n) is 11.6. The van der Waals surface area contributed by atoms with E-state index in [0.717, 1.165) is 5.56 Å². The number of halogens is 1. The summed E-state index contributed by atoms with van der Waals surface area (Å²) in [5.74, 6) is -0.00192. The Morgan fingerprint density at radius 2 is 2.19 bits per heavy atom. The molecule has 5 heteroatoms. The van der Waals surface area contributed by atoms with E-state index >= 15 is 0 Å². The van der Waals surface area contributed by atoms with E-state index in [2.05, 4.69) is 5.32 Å². The van der Waals surface area contributed by atoms with Crippen LogP contribution in [0.15, 0.2) is 28.9 Å².